The van der Waals surface area contributed by atoms with Crippen molar-refractivity contribution in [1.82, 2.24) is 4.90 Å². The van der Waals surface area contributed by atoms with Crippen molar-refractivity contribution >= 4 is 34.8 Å². The Kier molecular flexibility index (Phi) is 4.24. The van der Waals surface area contributed by atoms with Crippen molar-refractivity contribution in [3.63, 3.8) is 0 Å². The first kappa shape index (κ1) is 13.4. The van der Waals surface area contributed by atoms with Crippen LogP contribution in [0.5, 0.6) is 0 Å². The number of halogens is 1. The number of esters is 1. The summed E-state index contributed by atoms with van der Waals surface area (Å²) in [7, 11) is 0. The molecule has 1 atom stereocenters. The normalized spacial score (nSPS) is 19.3. The summed E-state index contributed by atoms with van der Waals surface area (Å²) in [6.07, 6.45) is 0.465. The molecule has 1 saturated heterocycles. The molecule has 1 aliphatic rings. The number of thiophene rings is 1. The molecule has 0 radical (unpaired) electrons. The van der Waals surface area contributed by atoms with Crippen LogP contribution in [0.15, 0.2) is 12.1 Å². The molecule has 0 bridgehead atoms. The molecule has 1 fully saturated rings. The third-order valence-electron chi connectivity index (χ3n) is 2.90. The summed E-state index contributed by atoms with van der Waals surface area (Å²) in [6.45, 7) is 3.62. The average Bonchev–Trinajstić information content (AvgIpc) is 2.92. The maximum atomic E-state index is 11.7. The van der Waals surface area contributed by atoms with Gasteiger partial charge in [0.25, 0.3) is 0 Å². The average molecular weight is 288 g/mol. The van der Waals surface area contributed by atoms with E-state index in [1.807, 2.05) is 6.92 Å². The molecular weight excluding hydrogens is 274 g/mol. The molecule has 6 heteroatoms. The molecular formula is C12H14ClNO3S. The highest BCUT2D eigenvalue weighted by molar-refractivity contribution is 7.17. The van der Waals surface area contributed by atoms with E-state index in [0.717, 1.165) is 0 Å². The molecule has 0 unspecified atom stereocenters. The quantitative estimate of drug-likeness (QED) is 0.799. The van der Waals surface area contributed by atoms with E-state index in [1.54, 1.807) is 17.0 Å². The van der Waals surface area contributed by atoms with Gasteiger partial charge < -0.3 is 9.64 Å². The van der Waals surface area contributed by atoms with Gasteiger partial charge in [-0.25, -0.2) is 4.79 Å². The van der Waals surface area contributed by atoms with E-state index in [0.29, 0.717) is 28.7 Å². The summed E-state index contributed by atoms with van der Waals surface area (Å²) < 4.78 is 5.77. The van der Waals surface area contributed by atoms with E-state index < -0.39 is 0 Å². The third kappa shape index (κ3) is 3.03. The maximum Gasteiger partial charge on any atom is 0.348 e. The Morgan fingerprint density at radius 1 is 1.61 bits per heavy atom. The van der Waals surface area contributed by atoms with Gasteiger partial charge in [0.05, 0.1) is 10.9 Å². The fraction of sp³-hybridized carbons (Fsp3) is 0.500. The van der Waals surface area contributed by atoms with Crippen molar-refractivity contribution in [2.75, 3.05) is 19.7 Å². The van der Waals surface area contributed by atoms with Crippen molar-refractivity contribution < 1.29 is 14.3 Å². The topological polar surface area (TPSA) is 46.6 Å². The van der Waals surface area contributed by atoms with Gasteiger partial charge in [-0.2, -0.15) is 0 Å². The lowest BCUT2D eigenvalue weighted by Gasteiger charge is -2.13. The number of rotatable bonds is 4. The summed E-state index contributed by atoms with van der Waals surface area (Å²) in [5, 5.41) is 0. The molecule has 18 heavy (non-hydrogen) atoms. The molecule has 0 N–H and O–H groups in total. The zero-order valence-electron chi connectivity index (χ0n) is 10.0. The maximum absolute atomic E-state index is 11.7. The van der Waals surface area contributed by atoms with Crippen LogP contribution in [0.4, 0.5) is 0 Å². The van der Waals surface area contributed by atoms with Crippen LogP contribution >= 0.6 is 22.9 Å². The Morgan fingerprint density at radius 2 is 2.39 bits per heavy atom. The number of carbonyl (C=O) groups excluding carboxylic acids is 2. The number of hydrogen-bond donors (Lipinski definition) is 0. The van der Waals surface area contributed by atoms with Crippen molar-refractivity contribution in [2.45, 2.75) is 13.3 Å². The van der Waals surface area contributed by atoms with Crippen LogP contribution in [0.25, 0.3) is 0 Å². The van der Waals surface area contributed by atoms with E-state index in [9.17, 15) is 9.59 Å². The first-order valence-corrected chi connectivity index (χ1v) is 6.99. The predicted octanol–water partition coefficient (Wildman–Crippen LogP) is 2.43. The largest absolute Gasteiger partial charge is 0.461 e. The Balaban J connectivity index is 1.82. The van der Waals surface area contributed by atoms with E-state index in [-0.39, 0.29) is 24.4 Å². The minimum atomic E-state index is -0.366. The summed E-state index contributed by atoms with van der Waals surface area (Å²) in [4.78, 5) is 25.5. The van der Waals surface area contributed by atoms with E-state index >= 15 is 0 Å². The molecule has 0 spiro atoms. The first-order valence-electron chi connectivity index (χ1n) is 5.80. The Bertz CT molecular complexity index is 460. The van der Waals surface area contributed by atoms with E-state index in [4.69, 9.17) is 16.3 Å². The van der Waals surface area contributed by atoms with Gasteiger partial charge in [0.15, 0.2) is 0 Å². The summed E-state index contributed by atoms with van der Waals surface area (Å²) >= 11 is 6.95. The number of carbonyl (C=O) groups is 2. The lowest BCUT2D eigenvalue weighted by molar-refractivity contribution is -0.127. The highest BCUT2D eigenvalue weighted by Gasteiger charge is 2.29. The van der Waals surface area contributed by atoms with Gasteiger partial charge in [-0.15, -0.1) is 11.3 Å². The van der Waals surface area contributed by atoms with E-state index in [1.165, 1.54) is 11.3 Å². The zero-order valence-corrected chi connectivity index (χ0v) is 11.6. The highest BCUT2D eigenvalue weighted by atomic mass is 35.5. The van der Waals surface area contributed by atoms with Crippen LogP contribution in [0.2, 0.25) is 4.34 Å². The molecule has 1 aliphatic heterocycles. The van der Waals surface area contributed by atoms with Crippen LogP contribution in [0, 0.1) is 5.92 Å². The van der Waals surface area contributed by atoms with Crippen molar-refractivity contribution in [3.8, 4) is 0 Å². The fourth-order valence-electron chi connectivity index (χ4n) is 1.96. The highest BCUT2D eigenvalue weighted by Crippen LogP contribution is 2.23. The molecule has 4 nitrogen and oxygen atoms in total. The number of likely N-dealkylation sites (tertiary alicyclic amines) is 1. The Labute approximate surface area is 114 Å². The SMILES string of the molecule is CCN1C[C@@H](COC(=O)c2ccc(Cl)s2)CC1=O. The summed E-state index contributed by atoms with van der Waals surface area (Å²) in [5.74, 6) is -0.121. The second-order valence-corrected chi connectivity index (χ2v) is 5.92. The van der Waals surface area contributed by atoms with Crippen molar-refractivity contribution in [2.24, 2.45) is 5.92 Å². The Morgan fingerprint density at radius 3 is 2.94 bits per heavy atom. The fourth-order valence-corrected chi connectivity index (χ4v) is 2.90. The van der Waals surface area contributed by atoms with Gasteiger partial charge in [-0.1, -0.05) is 11.6 Å². The summed E-state index contributed by atoms with van der Waals surface area (Å²) in [5.41, 5.74) is 0. The van der Waals surface area contributed by atoms with Gasteiger partial charge >= 0.3 is 5.97 Å². The molecule has 98 valence electrons. The van der Waals surface area contributed by atoms with Gasteiger partial charge in [-0.3, -0.25) is 4.79 Å². The van der Waals surface area contributed by atoms with Crippen LogP contribution in [-0.2, 0) is 9.53 Å². The molecule has 0 aromatic carbocycles. The number of hydrogen-bond acceptors (Lipinski definition) is 4. The first-order chi connectivity index (χ1) is 8.60. The van der Waals surface area contributed by atoms with Crippen LogP contribution < -0.4 is 0 Å². The van der Waals surface area contributed by atoms with Crippen molar-refractivity contribution in [3.05, 3.63) is 21.3 Å². The molecule has 2 heterocycles. The molecule has 0 saturated carbocycles. The van der Waals surface area contributed by atoms with Crippen molar-refractivity contribution in [1.29, 1.82) is 0 Å². The van der Waals surface area contributed by atoms with Gasteiger partial charge in [0.1, 0.15) is 4.88 Å². The predicted molar refractivity (Wildman–Crippen MR) is 70.0 cm³/mol. The standard InChI is InChI=1S/C12H14ClNO3S/c1-2-14-6-8(5-11(14)15)7-17-12(16)9-3-4-10(13)18-9/h3-4,8H,2,5-7H2,1H3/t8-/m0/s1. The Hall–Kier alpha value is -1.07. The molecule has 2 rings (SSSR count). The number of ether oxygens (including phenoxy) is 1. The van der Waals surface area contributed by atoms with E-state index in [2.05, 4.69) is 0 Å². The minimum absolute atomic E-state index is 0.108. The second kappa shape index (κ2) is 5.71. The zero-order chi connectivity index (χ0) is 13.1. The molecule has 1 aromatic heterocycles. The number of nitrogens with zero attached hydrogens (tertiary/aromatic N) is 1. The van der Waals surface area contributed by atoms with Crippen LogP contribution in [0.3, 0.4) is 0 Å². The summed E-state index contributed by atoms with van der Waals surface area (Å²) in [6, 6.07) is 3.31. The number of amides is 1. The van der Waals surface area contributed by atoms with Gasteiger partial charge in [0.2, 0.25) is 5.91 Å². The minimum Gasteiger partial charge on any atom is -0.461 e. The molecule has 0 aliphatic carbocycles. The van der Waals surface area contributed by atoms with Crippen LogP contribution in [-0.4, -0.2) is 36.5 Å². The third-order valence-corrected chi connectivity index (χ3v) is 4.11. The molecule has 1 amide bonds. The second-order valence-electron chi connectivity index (χ2n) is 4.20. The molecule has 1 aromatic rings. The smallest absolute Gasteiger partial charge is 0.348 e. The lowest BCUT2D eigenvalue weighted by Crippen LogP contribution is -2.25. The monoisotopic (exact) mass is 287 g/mol. The lowest BCUT2D eigenvalue weighted by atomic mass is 10.1. The van der Waals surface area contributed by atoms with Crippen LogP contribution in [0.1, 0.15) is 23.0 Å². The van der Waals surface area contributed by atoms with Gasteiger partial charge in [0, 0.05) is 25.4 Å². The van der Waals surface area contributed by atoms with Gasteiger partial charge in [-0.05, 0) is 19.1 Å².